The van der Waals surface area contributed by atoms with Crippen LogP contribution in [-0.2, 0) is 9.47 Å². The van der Waals surface area contributed by atoms with Gasteiger partial charge in [-0.2, -0.15) is 0 Å². The molecule has 13 heavy (non-hydrogen) atoms. The summed E-state index contributed by atoms with van der Waals surface area (Å²) in [6, 6.07) is 0. The number of nitrogens with zero attached hydrogens (tertiary/aromatic N) is 1. The van der Waals surface area contributed by atoms with Gasteiger partial charge in [-0.1, -0.05) is 0 Å². The van der Waals surface area contributed by atoms with Crippen LogP contribution >= 0.6 is 0 Å². The number of nitrogens with one attached hydrogen (secondary N) is 1. The third kappa shape index (κ3) is 3.60. The van der Waals surface area contributed by atoms with Crippen molar-refractivity contribution in [3.63, 3.8) is 0 Å². The highest BCUT2D eigenvalue weighted by Gasteiger charge is 2.21. The molecule has 1 heterocycles. The molecule has 0 aliphatic carbocycles. The van der Waals surface area contributed by atoms with E-state index in [0.29, 0.717) is 6.61 Å². The summed E-state index contributed by atoms with van der Waals surface area (Å²) < 4.78 is 10.9. The Kier molecular flexibility index (Phi) is 5.31. The van der Waals surface area contributed by atoms with Crippen molar-refractivity contribution in [2.24, 2.45) is 0 Å². The van der Waals surface area contributed by atoms with Gasteiger partial charge in [0.15, 0.2) is 0 Å². The van der Waals surface area contributed by atoms with E-state index in [-0.39, 0.29) is 6.23 Å². The Bertz CT molecular complexity index is 131. The predicted octanol–water partition coefficient (Wildman–Crippen LogP) is -0.0994. The highest BCUT2D eigenvalue weighted by atomic mass is 16.5. The second kappa shape index (κ2) is 6.32. The van der Waals surface area contributed by atoms with Crippen LogP contribution in [0.25, 0.3) is 0 Å². The third-order valence-electron chi connectivity index (χ3n) is 2.20. The first-order valence-electron chi connectivity index (χ1n) is 4.96. The molecule has 1 unspecified atom stereocenters. The fourth-order valence-electron chi connectivity index (χ4n) is 1.47. The average molecular weight is 188 g/mol. The van der Waals surface area contributed by atoms with Crippen molar-refractivity contribution in [3.05, 3.63) is 0 Å². The molecule has 1 saturated heterocycles. The lowest BCUT2D eigenvalue weighted by atomic mass is 10.3. The van der Waals surface area contributed by atoms with Gasteiger partial charge >= 0.3 is 0 Å². The quantitative estimate of drug-likeness (QED) is 0.653. The van der Waals surface area contributed by atoms with Crippen molar-refractivity contribution in [2.45, 2.75) is 13.2 Å². The summed E-state index contributed by atoms with van der Waals surface area (Å²) in [4.78, 5) is 2.32. The lowest BCUT2D eigenvalue weighted by Crippen LogP contribution is -2.49. The Labute approximate surface area is 80.2 Å². The molecule has 1 rings (SSSR count). The number of likely N-dealkylation sites (N-methyl/N-ethyl adjacent to an activating group) is 1. The fourth-order valence-corrected chi connectivity index (χ4v) is 1.47. The molecule has 1 N–H and O–H groups in total. The first-order valence-corrected chi connectivity index (χ1v) is 4.96. The zero-order valence-electron chi connectivity index (χ0n) is 8.58. The standard InChI is InChI=1S/C9H20N2O2/c1-3-13-9-8-12-7-6-11(9)5-4-10-2/h9-10H,3-8H2,1-2H3. The van der Waals surface area contributed by atoms with Crippen LogP contribution in [-0.4, -0.2) is 57.6 Å². The minimum atomic E-state index is 0.159. The van der Waals surface area contributed by atoms with Crippen LogP contribution in [0, 0.1) is 0 Å². The van der Waals surface area contributed by atoms with Gasteiger partial charge in [-0.15, -0.1) is 0 Å². The van der Waals surface area contributed by atoms with E-state index in [1.807, 2.05) is 14.0 Å². The summed E-state index contributed by atoms with van der Waals surface area (Å²) in [6.07, 6.45) is 0.159. The molecule has 4 nitrogen and oxygen atoms in total. The smallest absolute Gasteiger partial charge is 0.134 e. The molecular formula is C9H20N2O2. The number of rotatable bonds is 5. The second-order valence-corrected chi connectivity index (χ2v) is 3.12. The van der Waals surface area contributed by atoms with E-state index < -0.39 is 0 Å². The number of hydrogen-bond donors (Lipinski definition) is 1. The summed E-state index contributed by atoms with van der Waals surface area (Å²) in [6.45, 7) is 7.32. The van der Waals surface area contributed by atoms with E-state index in [9.17, 15) is 0 Å². The lowest BCUT2D eigenvalue weighted by molar-refractivity contribution is -0.135. The molecular weight excluding hydrogens is 168 g/mol. The zero-order chi connectivity index (χ0) is 9.52. The molecule has 0 bridgehead atoms. The second-order valence-electron chi connectivity index (χ2n) is 3.12. The van der Waals surface area contributed by atoms with Gasteiger partial charge in [0.25, 0.3) is 0 Å². The molecule has 1 fully saturated rings. The van der Waals surface area contributed by atoms with Gasteiger partial charge in [-0.25, -0.2) is 0 Å². The number of ether oxygens (including phenoxy) is 2. The van der Waals surface area contributed by atoms with Crippen LogP contribution in [0.1, 0.15) is 6.92 Å². The van der Waals surface area contributed by atoms with E-state index in [0.717, 1.165) is 32.8 Å². The Morgan fingerprint density at radius 2 is 2.46 bits per heavy atom. The molecule has 0 aromatic rings. The van der Waals surface area contributed by atoms with Crippen LogP contribution in [0.2, 0.25) is 0 Å². The van der Waals surface area contributed by atoms with Gasteiger partial charge in [0.2, 0.25) is 0 Å². The van der Waals surface area contributed by atoms with E-state index in [1.54, 1.807) is 0 Å². The van der Waals surface area contributed by atoms with E-state index in [4.69, 9.17) is 9.47 Å². The Hall–Kier alpha value is -0.160. The first kappa shape index (κ1) is 10.9. The maximum Gasteiger partial charge on any atom is 0.134 e. The van der Waals surface area contributed by atoms with Gasteiger partial charge < -0.3 is 14.8 Å². The zero-order valence-corrected chi connectivity index (χ0v) is 8.58. The fraction of sp³-hybridized carbons (Fsp3) is 1.00. The van der Waals surface area contributed by atoms with Gasteiger partial charge in [-0.05, 0) is 14.0 Å². The highest BCUT2D eigenvalue weighted by molar-refractivity contribution is 4.68. The monoisotopic (exact) mass is 188 g/mol. The SMILES string of the molecule is CCOC1COCCN1CCNC. The topological polar surface area (TPSA) is 33.7 Å². The van der Waals surface area contributed by atoms with Crippen LogP contribution in [0.15, 0.2) is 0 Å². The molecule has 0 aromatic heterocycles. The molecule has 0 saturated carbocycles. The first-order chi connectivity index (χ1) is 6.38. The summed E-state index contributed by atoms with van der Waals surface area (Å²) in [5, 5.41) is 3.14. The summed E-state index contributed by atoms with van der Waals surface area (Å²) in [5.41, 5.74) is 0. The minimum absolute atomic E-state index is 0.159. The summed E-state index contributed by atoms with van der Waals surface area (Å²) in [7, 11) is 1.97. The van der Waals surface area contributed by atoms with Gasteiger partial charge in [-0.3, -0.25) is 4.90 Å². The maximum absolute atomic E-state index is 5.57. The molecule has 1 aliphatic heterocycles. The minimum Gasteiger partial charge on any atom is -0.376 e. The van der Waals surface area contributed by atoms with Crippen molar-refractivity contribution >= 4 is 0 Å². The van der Waals surface area contributed by atoms with Crippen LogP contribution in [0.3, 0.4) is 0 Å². The maximum atomic E-state index is 5.57. The van der Waals surface area contributed by atoms with E-state index in [2.05, 4.69) is 10.2 Å². The van der Waals surface area contributed by atoms with Crippen LogP contribution < -0.4 is 5.32 Å². The number of hydrogen-bond acceptors (Lipinski definition) is 4. The largest absolute Gasteiger partial charge is 0.376 e. The van der Waals surface area contributed by atoms with Crippen LogP contribution in [0.5, 0.6) is 0 Å². The van der Waals surface area contributed by atoms with Crippen molar-refractivity contribution in [1.82, 2.24) is 10.2 Å². The predicted molar refractivity (Wildman–Crippen MR) is 51.7 cm³/mol. The summed E-state index contributed by atoms with van der Waals surface area (Å²) >= 11 is 0. The average Bonchev–Trinajstić information content (AvgIpc) is 2.17. The molecule has 0 aromatic carbocycles. The van der Waals surface area contributed by atoms with Crippen LogP contribution in [0.4, 0.5) is 0 Å². The van der Waals surface area contributed by atoms with Gasteiger partial charge in [0.1, 0.15) is 6.23 Å². The molecule has 4 heteroatoms. The molecule has 0 spiro atoms. The van der Waals surface area contributed by atoms with Crippen molar-refractivity contribution in [2.75, 3.05) is 46.5 Å². The molecule has 78 valence electrons. The highest BCUT2D eigenvalue weighted by Crippen LogP contribution is 2.07. The Balaban J connectivity index is 2.28. The number of morpholine rings is 1. The van der Waals surface area contributed by atoms with Crippen molar-refractivity contribution < 1.29 is 9.47 Å². The lowest BCUT2D eigenvalue weighted by Gasteiger charge is -2.34. The third-order valence-corrected chi connectivity index (χ3v) is 2.20. The molecule has 0 amide bonds. The van der Waals surface area contributed by atoms with Crippen molar-refractivity contribution in [1.29, 1.82) is 0 Å². The van der Waals surface area contributed by atoms with E-state index >= 15 is 0 Å². The van der Waals surface area contributed by atoms with E-state index in [1.165, 1.54) is 0 Å². The van der Waals surface area contributed by atoms with Gasteiger partial charge in [0, 0.05) is 26.2 Å². The molecule has 0 radical (unpaired) electrons. The Morgan fingerprint density at radius 3 is 3.15 bits per heavy atom. The molecule has 1 atom stereocenters. The van der Waals surface area contributed by atoms with Gasteiger partial charge in [0.05, 0.1) is 13.2 Å². The van der Waals surface area contributed by atoms with Crippen molar-refractivity contribution in [3.8, 4) is 0 Å². The molecule has 1 aliphatic rings. The summed E-state index contributed by atoms with van der Waals surface area (Å²) in [5.74, 6) is 0. The Morgan fingerprint density at radius 1 is 1.62 bits per heavy atom. The normalized spacial score (nSPS) is 24.9.